The van der Waals surface area contributed by atoms with Gasteiger partial charge < -0.3 is 4.42 Å². The SMILES string of the molecule is Cc1cccc(CSc2nnc(-c3ccccc3)n2Cc2ccco2)c1. The third-order valence-corrected chi connectivity index (χ3v) is 5.13. The van der Waals surface area contributed by atoms with Crippen LogP contribution in [0, 0.1) is 6.92 Å². The normalized spacial score (nSPS) is 11.0. The highest BCUT2D eigenvalue weighted by Gasteiger charge is 2.15. The topological polar surface area (TPSA) is 43.9 Å². The Morgan fingerprint density at radius 3 is 2.62 bits per heavy atom. The molecule has 4 aromatic rings. The van der Waals surface area contributed by atoms with Crippen molar-refractivity contribution in [3.8, 4) is 11.4 Å². The van der Waals surface area contributed by atoms with Crippen LogP contribution in [0.4, 0.5) is 0 Å². The molecule has 0 unspecified atom stereocenters. The van der Waals surface area contributed by atoms with Gasteiger partial charge in [-0.3, -0.25) is 4.57 Å². The van der Waals surface area contributed by atoms with E-state index in [2.05, 4.69) is 58.1 Å². The van der Waals surface area contributed by atoms with Gasteiger partial charge in [-0.2, -0.15) is 0 Å². The molecule has 2 aromatic carbocycles. The molecule has 0 atom stereocenters. The molecule has 0 saturated carbocycles. The first-order chi connectivity index (χ1) is 12.8. The molecule has 0 spiro atoms. The van der Waals surface area contributed by atoms with Crippen LogP contribution in [0.3, 0.4) is 0 Å². The highest BCUT2D eigenvalue weighted by Crippen LogP contribution is 2.27. The van der Waals surface area contributed by atoms with Gasteiger partial charge in [0.05, 0.1) is 12.8 Å². The van der Waals surface area contributed by atoms with Gasteiger partial charge in [0.25, 0.3) is 0 Å². The lowest BCUT2D eigenvalue weighted by Crippen LogP contribution is -2.03. The molecule has 130 valence electrons. The van der Waals surface area contributed by atoms with Crippen molar-refractivity contribution in [2.24, 2.45) is 0 Å². The van der Waals surface area contributed by atoms with Crippen molar-refractivity contribution in [1.29, 1.82) is 0 Å². The zero-order valence-corrected chi connectivity index (χ0v) is 15.3. The Kier molecular flexibility index (Phi) is 4.88. The molecule has 0 saturated heterocycles. The molecule has 0 aliphatic carbocycles. The highest BCUT2D eigenvalue weighted by molar-refractivity contribution is 7.98. The molecular formula is C21H19N3OS. The van der Waals surface area contributed by atoms with Crippen molar-refractivity contribution in [3.63, 3.8) is 0 Å². The zero-order valence-electron chi connectivity index (χ0n) is 14.5. The van der Waals surface area contributed by atoms with Crippen molar-refractivity contribution in [1.82, 2.24) is 14.8 Å². The van der Waals surface area contributed by atoms with Gasteiger partial charge in [-0.1, -0.05) is 71.9 Å². The summed E-state index contributed by atoms with van der Waals surface area (Å²) in [5.74, 6) is 2.60. The molecule has 0 amide bonds. The van der Waals surface area contributed by atoms with Crippen molar-refractivity contribution in [2.75, 3.05) is 0 Å². The van der Waals surface area contributed by atoms with Gasteiger partial charge >= 0.3 is 0 Å². The molecule has 0 radical (unpaired) electrons. The summed E-state index contributed by atoms with van der Waals surface area (Å²) in [5, 5.41) is 9.78. The molecule has 2 heterocycles. The summed E-state index contributed by atoms with van der Waals surface area (Å²) < 4.78 is 7.67. The molecule has 0 N–H and O–H groups in total. The second-order valence-electron chi connectivity index (χ2n) is 6.12. The van der Waals surface area contributed by atoms with E-state index < -0.39 is 0 Å². The fourth-order valence-electron chi connectivity index (χ4n) is 2.85. The molecule has 0 aliphatic rings. The van der Waals surface area contributed by atoms with Crippen LogP contribution in [0.5, 0.6) is 0 Å². The lowest BCUT2D eigenvalue weighted by atomic mass is 10.2. The number of furan rings is 1. The Morgan fingerprint density at radius 2 is 1.85 bits per heavy atom. The van der Waals surface area contributed by atoms with E-state index in [1.165, 1.54) is 11.1 Å². The van der Waals surface area contributed by atoms with Crippen LogP contribution in [0.25, 0.3) is 11.4 Å². The van der Waals surface area contributed by atoms with E-state index in [0.29, 0.717) is 6.54 Å². The quantitative estimate of drug-likeness (QED) is 0.444. The number of thioether (sulfide) groups is 1. The summed E-state index contributed by atoms with van der Waals surface area (Å²) >= 11 is 1.69. The van der Waals surface area contributed by atoms with Crippen molar-refractivity contribution < 1.29 is 4.42 Å². The van der Waals surface area contributed by atoms with Gasteiger partial charge in [0, 0.05) is 11.3 Å². The molecule has 5 heteroatoms. The summed E-state index contributed by atoms with van der Waals surface area (Å²) in [7, 11) is 0. The van der Waals surface area contributed by atoms with Crippen molar-refractivity contribution in [3.05, 3.63) is 89.9 Å². The van der Waals surface area contributed by atoms with E-state index in [9.17, 15) is 0 Å². The Morgan fingerprint density at radius 1 is 0.962 bits per heavy atom. The average Bonchev–Trinajstić information content (AvgIpc) is 3.31. The second-order valence-corrected chi connectivity index (χ2v) is 7.06. The second kappa shape index (κ2) is 7.62. The van der Waals surface area contributed by atoms with Crippen molar-refractivity contribution >= 4 is 11.8 Å². The molecule has 26 heavy (non-hydrogen) atoms. The van der Waals surface area contributed by atoms with Gasteiger partial charge in [-0.05, 0) is 24.6 Å². The van der Waals surface area contributed by atoms with Gasteiger partial charge in [0.2, 0.25) is 0 Å². The summed E-state index contributed by atoms with van der Waals surface area (Å²) in [6.45, 7) is 2.72. The number of hydrogen-bond acceptors (Lipinski definition) is 4. The summed E-state index contributed by atoms with van der Waals surface area (Å²) in [6, 6.07) is 22.6. The molecule has 0 aliphatic heterocycles. The van der Waals surface area contributed by atoms with E-state index in [1.54, 1.807) is 18.0 Å². The standard InChI is InChI=1S/C21H19N3OS/c1-16-7-5-8-17(13-16)15-26-21-23-22-20(18-9-3-2-4-10-18)24(21)14-19-11-6-12-25-19/h2-13H,14-15H2,1H3. The van der Waals surface area contributed by atoms with Gasteiger partial charge in [-0.25, -0.2) is 0 Å². The van der Waals surface area contributed by atoms with E-state index in [1.807, 2.05) is 30.3 Å². The predicted molar refractivity (Wildman–Crippen MR) is 104 cm³/mol. The minimum Gasteiger partial charge on any atom is -0.467 e. The molecule has 0 bridgehead atoms. The van der Waals surface area contributed by atoms with Gasteiger partial charge in [0.1, 0.15) is 5.76 Å². The Labute approximate surface area is 156 Å². The largest absolute Gasteiger partial charge is 0.467 e. The monoisotopic (exact) mass is 361 g/mol. The molecule has 4 rings (SSSR count). The van der Waals surface area contributed by atoms with Gasteiger partial charge in [-0.15, -0.1) is 10.2 Å². The average molecular weight is 361 g/mol. The Hall–Kier alpha value is -2.79. The summed E-state index contributed by atoms with van der Waals surface area (Å²) in [6.07, 6.45) is 1.70. The van der Waals surface area contributed by atoms with Crippen molar-refractivity contribution in [2.45, 2.75) is 24.4 Å². The van der Waals surface area contributed by atoms with E-state index in [4.69, 9.17) is 4.42 Å². The minimum absolute atomic E-state index is 0.611. The smallest absolute Gasteiger partial charge is 0.192 e. The van der Waals surface area contributed by atoms with Crippen LogP contribution in [-0.2, 0) is 12.3 Å². The predicted octanol–water partition coefficient (Wildman–Crippen LogP) is 5.19. The number of aryl methyl sites for hydroxylation is 1. The fourth-order valence-corrected chi connectivity index (χ4v) is 3.73. The summed E-state index contributed by atoms with van der Waals surface area (Å²) in [5.41, 5.74) is 3.60. The Bertz CT molecular complexity index is 978. The number of benzene rings is 2. The third-order valence-electron chi connectivity index (χ3n) is 4.09. The number of rotatable bonds is 6. The first kappa shape index (κ1) is 16.7. The van der Waals surface area contributed by atoms with Crippen LogP contribution in [0.1, 0.15) is 16.9 Å². The molecular weight excluding hydrogens is 342 g/mol. The lowest BCUT2D eigenvalue weighted by molar-refractivity contribution is 0.485. The fraction of sp³-hybridized carbons (Fsp3) is 0.143. The maximum Gasteiger partial charge on any atom is 0.192 e. The van der Waals surface area contributed by atoms with E-state index in [0.717, 1.165) is 28.1 Å². The number of aromatic nitrogens is 3. The van der Waals surface area contributed by atoms with Crippen LogP contribution >= 0.6 is 11.8 Å². The first-order valence-electron chi connectivity index (χ1n) is 8.49. The maximum absolute atomic E-state index is 5.55. The summed E-state index contributed by atoms with van der Waals surface area (Å²) in [4.78, 5) is 0. The molecule has 2 aromatic heterocycles. The maximum atomic E-state index is 5.55. The van der Waals surface area contributed by atoms with Crippen LogP contribution < -0.4 is 0 Å². The first-order valence-corrected chi connectivity index (χ1v) is 9.47. The third kappa shape index (κ3) is 3.73. The molecule has 0 fully saturated rings. The highest BCUT2D eigenvalue weighted by atomic mass is 32.2. The molecule has 4 nitrogen and oxygen atoms in total. The zero-order chi connectivity index (χ0) is 17.8. The van der Waals surface area contributed by atoms with Crippen LogP contribution in [0.15, 0.2) is 82.6 Å². The van der Waals surface area contributed by atoms with Crippen LogP contribution in [0.2, 0.25) is 0 Å². The number of nitrogens with zero attached hydrogens (tertiary/aromatic N) is 3. The number of hydrogen-bond donors (Lipinski definition) is 0. The Balaban J connectivity index is 1.64. The minimum atomic E-state index is 0.611. The van der Waals surface area contributed by atoms with E-state index in [-0.39, 0.29) is 0 Å². The lowest BCUT2D eigenvalue weighted by Gasteiger charge is -2.09. The van der Waals surface area contributed by atoms with Gasteiger partial charge in [0.15, 0.2) is 11.0 Å². The van der Waals surface area contributed by atoms with E-state index >= 15 is 0 Å². The van der Waals surface area contributed by atoms with Crippen LogP contribution in [-0.4, -0.2) is 14.8 Å².